The molecule has 0 aliphatic heterocycles. The molecule has 1 aromatic heterocycles. The topological polar surface area (TPSA) is 68.0 Å². The van der Waals surface area contributed by atoms with Crippen molar-refractivity contribution in [1.82, 2.24) is 10.2 Å². The summed E-state index contributed by atoms with van der Waals surface area (Å²) in [6.07, 6.45) is 7.65. The van der Waals surface area contributed by atoms with E-state index in [2.05, 4.69) is 15.5 Å². The molecule has 0 saturated heterocycles. The number of aromatic nitrogens is 2. The predicted octanol–water partition coefficient (Wildman–Crippen LogP) is 4.41. The number of anilines is 1. The van der Waals surface area contributed by atoms with Gasteiger partial charge in [-0.1, -0.05) is 11.8 Å². The molecule has 2 aromatic rings. The summed E-state index contributed by atoms with van der Waals surface area (Å²) in [4.78, 5) is 12.1. The van der Waals surface area contributed by atoms with Gasteiger partial charge >= 0.3 is 0 Å². The third-order valence-electron chi connectivity index (χ3n) is 6.35. The number of halogens is 1. The number of nitrogens with one attached hydrogen (secondary N) is 1. The minimum absolute atomic E-state index is 0.0803. The number of amides is 1. The molecule has 0 unspecified atom stereocenters. The van der Waals surface area contributed by atoms with Crippen LogP contribution in [0.5, 0.6) is 0 Å². The van der Waals surface area contributed by atoms with Crippen molar-refractivity contribution in [3.05, 3.63) is 36.0 Å². The summed E-state index contributed by atoms with van der Waals surface area (Å²) in [7, 11) is 0. The third-order valence-corrected chi connectivity index (χ3v) is 7.17. The van der Waals surface area contributed by atoms with Crippen molar-refractivity contribution in [3.8, 4) is 0 Å². The van der Waals surface area contributed by atoms with Gasteiger partial charge < -0.3 is 9.73 Å². The van der Waals surface area contributed by atoms with Gasteiger partial charge in [0.15, 0.2) is 0 Å². The first kappa shape index (κ1) is 17.2. The van der Waals surface area contributed by atoms with Crippen molar-refractivity contribution < 1.29 is 13.6 Å². The number of hydrogen-bond donors (Lipinski definition) is 1. The first-order chi connectivity index (χ1) is 13.1. The Labute approximate surface area is 161 Å². The molecule has 7 heteroatoms. The van der Waals surface area contributed by atoms with Crippen LogP contribution >= 0.6 is 11.8 Å². The number of thioether (sulfide) groups is 1. The lowest BCUT2D eigenvalue weighted by Gasteiger charge is -2.55. The predicted molar refractivity (Wildman–Crippen MR) is 99.9 cm³/mol. The molecule has 4 fully saturated rings. The lowest BCUT2D eigenvalue weighted by Crippen LogP contribution is -2.48. The first-order valence-corrected chi connectivity index (χ1v) is 10.6. The van der Waals surface area contributed by atoms with E-state index in [1.807, 2.05) is 0 Å². The summed E-state index contributed by atoms with van der Waals surface area (Å²) in [5, 5.41) is 11.7. The van der Waals surface area contributed by atoms with Gasteiger partial charge in [-0.2, -0.15) is 0 Å². The second-order valence-electron chi connectivity index (χ2n) is 8.41. The van der Waals surface area contributed by atoms with Gasteiger partial charge in [0.2, 0.25) is 11.8 Å². The fourth-order valence-corrected chi connectivity index (χ4v) is 6.28. The van der Waals surface area contributed by atoms with Gasteiger partial charge in [0.05, 0.1) is 5.75 Å². The molecule has 0 spiro atoms. The molecular formula is C20H22FN3O2S. The van der Waals surface area contributed by atoms with Gasteiger partial charge in [-0.15, -0.1) is 10.2 Å². The van der Waals surface area contributed by atoms with Crippen molar-refractivity contribution in [2.45, 2.75) is 49.2 Å². The number of benzene rings is 1. The Kier molecular flexibility index (Phi) is 4.22. The molecule has 1 amide bonds. The van der Waals surface area contributed by atoms with E-state index in [1.165, 1.54) is 74.6 Å². The highest BCUT2D eigenvalue weighted by Crippen LogP contribution is 2.60. The van der Waals surface area contributed by atoms with E-state index in [1.54, 1.807) is 0 Å². The molecule has 4 aliphatic carbocycles. The van der Waals surface area contributed by atoms with Crippen molar-refractivity contribution in [2.24, 2.45) is 17.8 Å². The summed E-state index contributed by atoms with van der Waals surface area (Å²) in [5.74, 6) is 2.91. The van der Waals surface area contributed by atoms with Gasteiger partial charge in [-0.3, -0.25) is 4.79 Å². The maximum Gasteiger partial charge on any atom is 0.277 e. The monoisotopic (exact) mass is 387 g/mol. The Morgan fingerprint density at radius 3 is 2.37 bits per heavy atom. The minimum Gasteiger partial charge on any atom is -0.415 e. The number of hydrogen-bond acceptors (Lipinski definition) is 5. The minimum atomic E-state index is -0.328. The van der Waals surface area contributed by atoms with Crippen LogP contribution in [0.3, 0.4) is 0 Å². The average Bonchev–Trinajstić information content (AvgIpc) is 3.11. The van der Waals surface area contributed by atoms with Crippen LogP contribution in [0.15, 0.2) is 33.9 Å². The molecule has 142 valence electrons. The number of rotatable bonds is 5. The molecule has 4 aliphatic rings. The van der Waals surface area contributed by atoms with Crippen LogP contribution in [-0.4, -0.2) is 21.9 Å². The lowest BCUT2D eigenvalue weighted by molar-refractivity contribution is -0.113. The molecule has 6 rings (SSSR count). The highest BCUT2D eigenvalue weighted by Gasteiger charge is 2.54. The highest BCUT2D eigenvalue weighted by atomic mass is 32.2. The zero-order chi connectivity index (χ0) is 18.4. The third kappa shape index (κ3) is 3.37. The summed E-state index contributed by atoms with van der Waals surface area (Å²) in [6, 6.07) is 5.71. The van der Waals surface area contributed by atoms with Crippen LogP contribution in [0.25, 0.3) is 0 Å². The number of nitrogens with zero attached hydrogens (tertiary/aromatic N) is 2. The van der Waals surface area contributed by atoms with Crippen molar-refractivity contribution in [2.75, 3.05) is 11.1 Å². The fraction of sp³-hybridized carbons (Fsp3) is 0.550. The van der Waals surface area contributed by atoms with Crippen LogP contribution in [-0.2, 0) is 10.2 Å². The maximum atomic E-state index is 12.9. The van der Waals surface area contributed by atoms with Gasteiger partial charge in [0.1, 0.15) is 5.82 Å². The van der Waals surface area contributed by atoms with Crippen LogP contribution in [0.1, 0.15) is 44.4 Å². The van der Waals surface area contributed by atoms with Crippen molar-refractivity contribution in [1.29, 1.82) is 0 Å². The summed E-state index contributed by atoms with van der Waals surface area (Å²) < 4.78 is 18.9. The molecule has 5 nitrogen and oxygen atoms in total. The quantitative estimate of drug-likeness (QED) is 0.770. The Morgan fingerprint density at radius 1 is 1.11 bits per heavy atom. The van der Waals surface area contributed by atoms with E-state index in [0.29, 0.717) is 10.9 Å². The highest BCUT2D eigenvalue weighted by molar-refractivity contribution is 7.99. The molecule has 4 bridgehead atoms. The average molecular weight is 387 g/mol. The zero-order valence-electron chi connectivity index (χ0n) is 15.0. The molecule has 0 atom stereocenters. The molecule has 1 N–H and O–H groups in total. The van der Waals surface area contributed by atoms with Gasteiger partial charge in [-0.25, -0.2) is 4.39 Å². The smallest absolute Gasteiger partial charge is 0.277 e. The Hall–Kier alpha value is -1.89. The summed E-state index contributed by atoms with van der Waals surface area (Å²) in [6.45, 7) is 0. The molecular weight excluding hydrogens is 365 g/mol. The number of carbonyl (C=O) groups is 1. The van der Waals surface area contributed by atoms with E-state index >= 15 is 0 Å². The molecule has 0 radical (unpaired) electrons. The number of carbonyl (C=O) groups excluding carboxylic acids is 1. The van der Waals surface area contributed by atoms with Gasteiger partial charge in [0, 0.05) is 11.1 Å². The largest absolute Gasteiger partial charge is 0.415 e. The van der Waals surface area contributed by atoms with Crippen molar-refractivity contribution in [3.63, 3.8) is 0 Å². The van der Waals surface area contributed by atoms with Crippen LogP contribution in [0, 0.1) is 23.6 Å². The van der Waals surface area contributed by atoms with E-state index < -0.39 is 0 Å². The van der Waals surface area contributed by atoms with Gasteiger partial charge in [0.25, 0.3) is 5.22 Å². The lowest BCUT2D eigenvalue weighted by atomic mass is 9.49. The van der Waals surface area contributed by atoms with E-state index in [9.17, 15) is 9.18 Å². The Morgan fingerprint density at radius 2 is 1.74 bits per heavy atom. The van der Waals surface area contributed by atoms with Crippen LogP contribution < -0.4 is 5.32 Å². The SMILES string of the molecule is O=C(CSc1nnc(C23CC4CC(CC(C4)C2)C3)o1)Nc1ccc(F)cc1. The maximum absolute atomic E-state index is 12.9. The van der Waals surface area contributed by atoms with E-state index in [4.69, 9.17) is 4.42 Å². The molecule has 1 heterocycles. The summed E-state index contributed by atoms with van der Waals surface area (Å²) in [5.41, 5.74) is 0.651. The van der Waals surface area contributed by atoms with Crippen LogP contribution in [0.4, 0.5) is 10.1 Å². The summed E-state index contributed by atoms with van der Waals surface area (Å²) >= 11 is 1.25. The second-order valence-corrected chi connectivity index (χ2v) is 9.34. The Balaban J connectivity index is 1.21. The molecule has 27 heavy (non-hydrogen) atoms. The van der Waals surface area contributed by atoms with E-state index in [-0.39, 0.29) is 22.9 Å². The second kappa shape index (κ2) is 6.62. The van der Waals surface area contributed by atoms with Crippen LogP contribution in [0.2, 0.25) is 0 Å². The van der Waals surface area contributed by atoms with E-state index in [0.717, 1.165) is 23.6 Å². The van der Waals surface area contributed by atoms with Gasteiger partial charge in [-0.05, 0) is 80.5 Å². The normalized spacial score (nSPS) is 31.2. The first-order valence-electron chi connectivity index (χ1n) is 9.60. The fourth-order valence-electron chi connectivity index (χ4n) is 5.71. The standard InChI is InChI=1S/C20H22FN3O2S/c21-15-1-3-16(4-2-15)22-17(25)11-27-19-24-23-18(26-19)20-8-12-5-13(9-20)7-14(6-12)10-20/h1-4,12-14H,5-11H2,(H,22,25). The molecule has 1 aromatic carbocycles. The zero-order valence-corrected chi connectivity index (χ0v) is 15.8. The van der Waals surface area contributed by atoms with Crippen molar-refractivity contribution >= 4 is 23.4 Å². The molecule has 4 saturated carbocycles. The Bertz CT molecular complexity index is 816.